The minimum absolute atomic E-state index is 0.0383. The Labute approximate surface area is 149 Å². The summed E-state index contributed by atoms with van der Waals surface area (Å²) in [6, 6.07) is 8.38. The van der Waals surface area contributed by atoms with Gasteiger partial charge in [-0.25, -0.2) is 8.42 Å². The predicted molar refractivity (Wildman–Crippen MR) is 95.6 cm³/mol. The third kappa shape index (κ3) is 2.65. The molecule has 0 radical (unpaired) electrons. The van der Waals surface area contributed by atoms with Crippen LogP contribution in [0.2, 0.25) is 5.02 Å². The maximum Gasteiger partial charge on any atom is 0.266 e. The van der Waals surface area contributed by atoms with Crippen molar-refractivity contribution in [3.8, 4) is 5.75 Å². The fourth-order valence-corrected chi connectivity index (χ4v) is 4.30. The van der Waals surface area contributed by atoms with E-state index in [-0.39, 0.29) is 10.7 Å². The molecule has 2 heterocycles. The molecule has 25 heavy (non-hydrogen) atoms. The second-order valence-corrected chi connectivity index (χ2v) is 7.62. The third-order valence-electron chi connectivity index (χ3n) is 3.98. The van der Waals surface area contributed by atoms with E-state index in [0.717, 1.165) is 5.56 Å². The first kappa shape index (κ1) is 16.0. The Morgan fingerprint density at radius 2 is 2.16 bits per heavy atom. The zero-order valence-corrected chi connectivity index (χ0v) is 14.5. The molecule has 0 atom stereocenters. The highest BCUT2D eigenvalue weighted by Crippen LogP contribution is 2.37. The monoisotopic (exact) mass is 376 g/mol. The van der Waals surface area contributed by atoms with Gasteiger partial charge in [0.25, 0.3) is 10.0 Å². The summed E-state index contributed by atoms with van der Waals surface area (Å²) in [6.07, 6.45) is 2.25. The molecule has 8 heteroatoms. The third-order valence-corrected chi connectivity index (χ3v) is 5.63. The van der Waals surface area contributed by atoms with Crippen LogP contribution in [0.4, 0.5) is 5.82 Å². The first-order valence-corrected chi connectivity index (χ1v) is 9.34. The number of sulfonamides is 1. The van der Waals surface area contributed by atoms with Gasteiger partial charge in [-0.1, -0.05) is 35.5 Å². The lowest BCUT2D eigenvalue weighted by atomic mass is 10.1. The highest BCUT2D eigenvalue weighted by atomic mass is 35.5. The summed E-state index contributed by atoms with van der Waals surface area (Å²) in [5, 5.41) is 4.55. The highest BCUT2D eigenvalue weighted by molar-refractivity contribution is 7.92. The molecule has 1 aliphatic heterocycles. The molecule has 0 bridgehead atoms. The van der Waals surface area contributed by atoms with Gasteiger partial charge in [0.2, 0.25) is 0 Å². The summed E-state index contributed by atoms with van der Waals surface area (Å²) in [5.41, 5.74) is 1.93. The van der Waals surface area contributed by atoms with E-state index in [9.17, 15) is 8.42 Å². The van der Waals surface area contributed by atoms with Gasteiger partial charge in [-0.15, -0.1) is 0 Å². The number of halogens is 1. The van der Waals surface area contributed by atoms with Crippen molar-refractivity contribution in [3.63, 3.8) is 0 Å². The van der Waals surface area contributed by atoms with Gasteiger partial charge in [0.15, 0.2) is 11.4 Å². The second-order valence-electron chi connectivity index (χ2n) is 5.56. The van der Waals surface area contributed by atoms with Crippen LogP contribution >= 0.6 is 11.6 Å². The van der Waals surface area contributed by atoms with E-state index in [0.29, 0.717) is 40.3 Å². The normalized spacial score (nSPS) is 13.5. The first-order valence-electron chi connectivity index (χ1n) is 7.48. The number of nitrogens with zero attached hydrogens (tertiary/aromatic N) is 1. The van der Waals surface area contributed by atoms with E-state index in [1.54, 1.807) is 24.3 Å². The lowest BCUT2D eigenvalue weighted by Crippen LogP contribution is -2.14. The van der Waals surface area contributed by atoms with Gasteiger partial charge in [-0.05, 0) is 35.4 Å². The number of fused-ring (bicyclic) bond motifs is 2. The number of ether oxygens (including phenoxy) is 1. The van der Waals surface area contributed by atoms with Gasteiger partial charge in [0, 0.05) is 6.42 Å². The van der Waals surface area contributed by atoms with Crippen molar-refractivity contribution in [1.82, 2.24) is 5.16 Å². The highest BCUT2D eigenvalue weighted by Gasteiger charge is 2.28. The Balaban J connectivity index is 1.83. The van der Waals surface area contributed by atoms with Gasteiger partial charge in [0.05, 0.1) is 17.0 Å². The van der Waals surface area contributed by atoms with Crippen LogP contribution in [-0.4, -0.2) is 20.2 Å². The molecule has 0 amide bonds. The van der Waals surface area contributed by atoms with E-state index in [1.807, 2.05) is 6.07 Å². The summed E-state index contributed by atoms with van der Waals surface area (Å²) in [6.45, 7) is 4.15. The molecule has 0 unspecified atom stereocenters. The van der Waals surface area contributed by atoms with Crippen molar-refractivity contribution in [3.05, 3.63) is 53.1 Å². The molecule has 6 nitrogen and oxygen atoms in total. The number of rotatable bonds is 4. The average Bonchev–Trinajstić information content (AvgIpc) is 3.21. The summed E-state index contributed by atoms with van der Waals surface area (Å²) < 4.78 is 39.0. The summed E-state index contributed by atoms with van der Waals surface area (Å²) >= 11 is 6.15. The number of hydrogen-bond donors (Lipinski definition) is 1. The van der Waals surface area contributed by atoms with E-state index < -0.39 is 10.0 Å². The number of hydrogen-bond acceptors (Lipinski definition) is 5. The molecule has 128 valence electrons. The Morgan fingerprint density at radius 1 is 1.32 bits per heavy atom. The van der Waals surface area contributed by atoms with Gasteiger partial charge in [0.1, 0.15) is 10.6 Å². The lowest BCUT2D eigenvalue weighted by Gasteiger charge is -2.11. The van der Waals surface area contributed by atoms with Crippen LogP contribution in [0.3, 0.4) is 0 Å². The maximum absolute atomic E-state index is 12.9. The smallest absolute Gasteiger partial charge is 0.266 e. The molecule has 0 spiro atoms. The van der Waals surface area contributed by atoms with Crippen LogP contribution in [0.25, 0.3) is 17.0 Å². The SMILES string of the molecule is C=Cc1cc2c(c(S(=O)(=O)Nc3noc4cccc(Cl)c34)c1)OCC2. The second kappa shape index (κ2) is 5.79. The van der Waals surface area contributed by atoms with Crippen LogP contribution in [0.1, 0.15) is 11.1 Å². The molecule has 0 saturated carbocycles. The van der Waals surface area contributed by atoms with Crippen LogP contribution in [0.15, 0.2) is 46.3 Å². The molecule has 1 aliphatic rings. The zero-order valence-electron chi connectivity index (χ0n) is 13.0. The fourth-order valence-electron chi connectivity index (χ4n) is 2.82. The van der Waals surface area contributed by atoms with Crippen LogP contribution in [0, 0.1) is 0 Å². The minimum atomic E-state index is -3.95. The Kier molecular flexibility index (Phi) is 3.70. The van der Waals surface area contributed by atoms with Crippen molar-refractivity contribution >= 4 is 44.5 Å². The number of benzene rings is 2. The number of nitrogens with one attached hydrogen (secondary N) is 1. The number of anilines is 1. The molecule has 1 aromatic heterocycles. The number of aromatic nitrogens is 1. The van der Waals surface area contributed by atoms with E-state index in [1.165, 1.54) is 6.07 Å². The molecule has 0 saturated heterocycles. The minimum Gasteiger partial charge on any atom is -0.492 e. The van der Waals surface area contributed by atoms with Gasteiger partial charge in [-0.2, -0.15) is 0 Å². The zero-order chi connectivity index (χ0) is 17.6. The Bertz CT molecular complexity index is 1110. The standard InChI is InChI=1S/C17H13ClN2O4S/c1-2-10-8-11-6-7-23-16(11)14(9-10)25(21,22)20-17-15-12(18)4-3-5-13(15)24-19-17/h2-5,8-9H,1,6-7H2,(H,19,20). The van der Waals surface area contributed by atoms with Gasteiger partial charge < -0.3 is 9.26 Å². The fraction of sp³-hybridized carbons (Fsp3) is 0.118. The van der Waals surface area contributed by atoms with Crippen LogP contribution in [0.5, 0.6) is 5.75 Å². The summed E-state index contributed by atoms with van der Waals surface area (Å²) in [7, 11) is -3.95. The average molecular weight is 377 g/mol. The topological polar surface area (TPSA) is 81.4 Å². The van der Waals surface area contributed by atoms with Crippen molar-refractivity contribution in [2.45, 2.75) is 11.3 Å². The molecule has 4 rings (SSSR count). The van der Waals surface area contributed by atoms with Crippen molar-refractivity contribution in [2.75, 3.05) is 11.3 Å². The molecular weight excluding hydrogens is 364 g/mol. The van der Waals surface area contributed by atoms with E-state index in [2.05, 4.69) is 16.5 Å². The maximum atomic E-state index is 12.9. The van der Waals surface area contributed by atoms with Crippen LogP contribution < -0.4 is 9.46 Å². The molecule has 2 aromatic carbocycles. The summed E-state index contributed by atoms with van der Waals surface area (Å²) in [5.74, 6) is 0.397. The van der Waals surface area contributed by atoms with Crippen LogP contribution in [-0.2, 0) is 16.4 Å². The Hall–Kier alpha value is -2.51. The Morgan fingerprint density at radius 3 is 2.96 bits per heavy atom. The van der Waals surface area contributed by atoms with Crippen molar-refractivity contribution in [1.29, 1.82) is 0 Å². The quantitative estimate of drug-likeness (QED) is 0.747. The summed E-state index contributed by atoms with van der Waals surface area (Å²) in [4.78, 5) is 0.0422. The molecule has 0 fully saturated rings. The molecule has 0 aliphatic carbocycles. The van der Waals surface area contributed by atoms with E-state index >= 15 is 0 Å². The molecule has 1 N–H and O–H groups in total. The van der Waals surface area contributed by atoms with Crippen molar-refractivity contribution < 1.29 is 17.7 Å². The van der Waals surface area contributed by atoms with Gasteiger partial charge >= 0.3 is 0 Å². The lowest BCUT2D eigenvalue weighted by molar-refractivity contribution is 0.348. The molecule has 3 aromatic rings. The molecular formula is C17H13ClN2O4S. The first-order chi connectivity index (χ1) is 12.0. The largest absolute Gasteiger partial charge is 0.492 e. The van der Waals surface area contributed by atoms with Gasteiger partial charge in [-0.3, -0.25) is 4.72 Å². The van der Waals surface area contributed by atoms with Crippen molar-refractivity contribution in [2.24, 2.45) is 0 Å². The van der Waals surface area contributed by atoms with E-state index in [4.69, 9.17) is 20.9 Å². The predicted octanol–water partition coefficient (Wildman–Crippen LogP) is 3.86.